The van der Waals surface area contributed by atoms with Crippen molar-refractivity contribution >= 4 is 11.8 Å². The van der Waals surface area contributed by atoms with Crippen molar-refractivity contribution in [1.82, 2.24) is 9.97 Å². The predicted octanol–water partition coefficient (Wildman–Crippen LogP) is 4.91. The number of fused-ring (bicyclic) bond motifs is 3. The van der Waals surface area contributed by atoms with E-state index in [0.29, 0.717) is 24.7 Å². The van der Waals surface area contributed by atoms with E-state index in [1.165, 1.54) is 34.6 Å². The number of aromatic nitrogens is 2. The van der Waals surface area contributed by atoms with Gasteiger partial charge in [-0.3, -0.25) is 5.32 Å². The van der Waals surface area contributed by atoms with Crippen molar-refractivity contribution in [2.45, 2.75) is 26.1 Å². The standard InChI is InChI=1S/C24H25N3O4/c1-3-29-23(30-4-2)22-25-13-16(14-26-22)27-24(28)31-15-21-19-11-7-5-9-17(19)18-10-6-8-12-20(18)21/h5-14,21,23H,3-4,15H2,1-2H3,(H,27,28). The number of ether oxygens (including phenoxy) is 3. The minimum atomic E-state index is -0.626. The first-order valence-electron chi connectivity index (χ1n) is 10.4. The quantitative estimate of drug-likeness (QED) is 0.523. The molecule has 1 N–H and O–H groups in total. The molecular weight excluding hydrogens is 394 g/mol. The van der Waals surface area contributed by atoms with Gasteiger partial charge >= 0.3 is 6.09 Å². The number of anilines is 1. The molecule has 1 heterocycles. The monoisotopic (exact) mass is 419 g/mol. The first-order valence-corrected chi connectivity index (χ1v) is 10.4. The van der Waals surface area contributed by atoms with Crippen molar-refractivity contribution < 1.29 is 19.0 Å². The number of benzene rings is 2. The molecule has 0 spiro atoms. The molecule has 2 aromatic carbocycles. The second-order valence-electron chi connectivity index (χ2n) is 7.02. The summed E-state index contributed by atoms with van der Waals surface area (Å²) >= 11 is 0. The number of amides is 1. The van der Waals surface area contributed by atoms with E-state index >= 15 is 0 Å². The average Bonchev–Trinajstić information content (AvgIpc) is 3.12. The van der Waals surface area contributed by atoms with Crippen molar-refractivity contribution in [1.29, 1.82) is 0 Å². The van der Waals surface area contributed by atoms with Crippen LogP contribution in [0.1, 0.15) is 43.0 Å². The number of hydrogen-bond donors (Lipinski definition) is 1. The summed E-state index contributed by atoms with van der Waals surface area (Å²) in [4.78, 5) is 20.8. The minimum Gasteiger partial charge on any atom is -0.448 e. The highest BCUT2D eigenvalue weighted by Crippen LogP contribution is 2.44. The molecule has 0 unspecified atom stereocenters. The van der Waals surface area contributed by atoms with Crippen molar-refractivity contribution in [2.24, 2.45) is 0 Å². The van der Waals surface area contributed by atoms with Gasteiger partial charge in [-0.1, -0.05) is 48.5 Å². The fraction of sp³-hybridized carbons (Fsp3) is 0.292. The molecule has 4 rings (SSSR count). The number of hydrogen-bond acceptors (Lipinski definition) is 6. The maximum atomic E-state index is 12.4. The summed E-state index contributed by atoms with van der Waals surface area (Å²) in [5.74, 6) is 0.414. The van der Waals surface area contributed by atoms with Crippen molar-refractivity contribution in [2.75, 3.05) is 25.1 Å². The Hall–Kier alpha value is -3.29. The number of carbonyl (C=O) groups excluding carboxylic acids is 1. The van der Waals surface area contributed by atoms with Crippen LogP contribution in [0.2, 0.25) is 0 Å². The summed E-state index contributed by atoms with van der Waals surface area (Å²) in [5.41, 5.74) is 5.15. The lowest BCUT2D eigenvalue weighted by atomic mass is 9.98. The van der Waals surface area contributed by atoms with Gasteiger partial charge < -0.3 is 14.2 Å². The van der Waals surface area contributed by atoms with E-state index in [-0.39, 0.29) is 12.5 Å². The summed E-state index contributed by atoms with van der Waals surface area (Å²) < 4.78 is 16.5. The van der Waals surface area contributed by atoms with Gasteiger partial charge in [-0.05, 0) is 36.1 Å². The maximum absolute atomic E-state index is 12.4. The highest BCUT2D eigenvalue weighted by Gasteiger charge is 2.29. The Morgan fingerprint density at radius 2 is 1.48 bits per heavy atom. The number of carbonyl (C=O) groups is 1. The highest BCUT2D eigenvalue weighted by atomic mass is 16.7. The summed E-state index contributed by atoms with van der Waals surface area (Å²) in [7, 11) is 0. The molecule has 160 valence electrons. The molecule has 3 aromatic rings. The molecule has 0 aliphatic heterocycles. The van der Waals surface area contributed by atoms with E-state index in [0.717, 1.165) is 0 Å². The van der Waals surface area contributed by atoms with Crippen LogP contribution in [-0.2, 0) is 14.2 Å². The maximum Gasteiger partial charge on any atom is 0.411 e. The van der Waals surface area contributed by atoms with Gasteiger partial charge in [0.25, 0.3) is 0 Å². The molecule has 0 saturated heterocycles. The van der Waals surface area contributed by atoms with Gasteiger partial charge in [0.2, 0.25) is 6.29 Å². The van der Waals surface area contributed by atoms with E-state index in [1.807, 2.05) is 38.1 Å². The van der Waals surface area contributed by atoms with Gasteiger partial charge in [0.15, 0.2) is 5.82 Å². The molecule has 1 amide bonds. The summed E-state index contributed by atoms with van der Waals surface area (Å²) in [6, 6.07) is 16.4. The van der Waals surface area contributed by atoms with E-state index in [4.69, 9.17) is 14.2 Å². The third-order valence-electron chi connectivity index (χ3n) is 5.11. The second kappa shape index (κ2) is 9.68. The Labute approximate surface area is 181 Å². The third-order valence-corrected chi connectivity index (χ3v) is 5.11. The van der Waals surface area contributed by atoms with Crippen molar-refractivity contribution in [3.63, 3.8) is 0 Å². The Morgan fingerprint density at radius 3 is 2.03 bits per heavy atom. The smallest absolute Gasteiger partial charge is 0.411 e. The molecule has 1 aromatic heterocycles. The Balaban J connectivity index is 1.39. The minimum absolute atomic E-state index is 0.00918. The molecule has 0 radical (unpaired) electrons. The average molecular weight is 419 g/mol. The highest BCUT2D eigenvalue weighted by molar-refractivity contribution is 5.84. The first kappa shape index (κ1) is 21.0. The summed E-state index contributed by atoms with van der Waals surface area (Å²) in [6.45, 7) is 4.95. The van der Waals surface area contributed by atoms with Crippen molar-refractivity contribution in [3.8, 4) is 11.1 Å². The number of nitrogens with one attached hydrogen (secondary N) is 1. The van der Waals surface area contributed by atoms with Crippen LogP contribution in [-0.4, -0.2) is 35.9 Å². The van der Waals surface area contributed by atoms with E-state index in [9.17, 15) is 4.79 Å². The zero-order valence-corrected chi connectivity index (χ0v) is 17.6. The van der Waals surface area contributed by atoms with Gasteiger partial charge in [-0.15, -0.1) is 0 Å². The van der Waals surface area contributed by atoms with E-state index in [2.05, 4.69) is 39.6 Å². The molecule has 0 bridgehead atoms. The van der Waals surface area contributed by atoms with Gasteiger partial charge in [-0.2, -0.15) is 0 Å². The molecular formula is C24H25N3O4. The van der Waals surface area contributed by atoms with Gasteiger partial charge in [-0.25, -0.2) is 14.8 Å². The molecule has 7 heteroatoms. The van der Waals surface area contributed by atoms with E-state index < -0.39 is 12.4 Å². The summed E-state index contributed by atoms with van der Waals surface area (Å²) in [5, 5.41) is 2.68. The molecule has 7 nitrogen and oxygen atoms in total. The predicted molar refractivity (Wildman–Crippen MR) is 117 cm³/mol. The van der Waals surface area contributed by atoms with Crippen molar-refractivity contribution in [3.05, 3.63) is 77.9 Å². The molecule has 0 fully saturated rings. The van der Waals surface area contributed by atoms with Gasteiger partial charge in [0, 0.05) is 19.1 Å². The SMILES string of the molecule is CCOC(OCC)c1ncc(NC(=O)OCC2c3ccccc3-c3ccccc32)cn1. The van der Waals surface area contributed by atoms with Crippen LogP contribution in [0.15, 0.2) is 60.9 Å². The van der Waals surface area contributed by atoms with Crippen LogP contribution < -0.4 is 5.32 Å². The number of nitrogens with zero attached hydrogens (tertiary/aromatic N) is 2. The van der Waals surface area contributed by atoms with Crippen LogP contribution in [0.4, 0.5) is 10.5 Å². The lowest BCUT2D eigenvalue weighted by Crippen LogP contribution is -2.18. The van der Waals surface area contributed by atoms with Crippen LogP contribution in [0.25, 0.3) is 11.1 Å². The first-order chi connectivity index (χ1) is 15.2. The topological polar surface area (TPSA) is 82.6 Å². The van der Waals surface area contributed by atoms with Gasteiger partial charge in [0.1, 0.15) is 6.61 Å². The Bertz CT molecular complexity index is 988. The summed E-state index contributed by atoms with van der Waals surface area (Å²) in [6.07, 6.45) is 1.84. The largest absolute Gasteiger partial charge is 0.448 e. The Morgan fingerprint density at radius 1 is 0.935 bits per heavy atom. The van der Waals surface area contributed by atoms with Gasteiger partial charge in [0.05, 0.1) is 18.1 Å². The Kier molecular flexibility index (Phi) is 6.54. The molecule has 1 aliphatic carbocycles. The lowest BCUT2D eigenvalue weighted by molar-refractivity contribution is -0.145. The van der Waals surface area contributed by atoms with Crippen LogP contribution in [0.3, 0.4) is 0 Å². The fourth-order valence-electron chi connectivity index (χ4n) is 3.78. The van der Waals surface area contributed by atoms with Crippen LogP contribution in [0, 0.1) is 0 Å². The van der Waals surface area contributed by atoms with Crippen LogP contribution in [0.5, 0.6) is 0 Å². The normalized spacial score (nSPS) is 12.5. The fourth-order valence-corrected chi connectivity index (χ4v) is 3.78. The van der Waals surface area contributed by atoms with E-state index in [1.54, 1.807) is 0 Å². The number of rotatable bonds is 8. The third kappa shape index (κ3) is 4.57. The zero-order chi connectivity index (χ0) is 21.6. The molecule has 0 saturated carbocycles. The van der Waals surface area contributed by atoms with Crippen LogP contribution >= 0.6 is 0 Å². The zero-order valence-electron chi connectivity index (χ0n) is 17.6. The molecule has 31 heavy (non-hydrogen) atoms. The lowest BCUT2D eigenvalue weighted by Gasteiger charge is -2.16. The molecule has 1 aliphatic rings. The second-order valence-corrected chi connectivity index (χ2v) is 7.02. The molecule has 0 atom stereocenters.